The molecule has 0 aromatic carbocycles. The van der Waals surface area contributed by atoms with E-state index in [9.17, 15) is 4.79 Å². The van der Waals surface area contributed by atoms with Gasteiger partial charge in [0.1, 0.15) is 0 Å². The van der Waals surface area contributed by atoms with Crippen LogP contribution in [0.3, 0.4) is 0 Å². The van der Waals surface area contributed by atoms with Crippen molar-refractivity contribution in [3.63, 3.8) is 0 Å². The molecule has 0 radical (unpaired) electrons. The zero-order valence-corrected chi connectivity index (χ0v) is 17.5. The standard InChI is InChI=1S/C21H33N5O2/c1-5-25(12(2)3)20(27)19-17-10-24(11-18(17)19)15-6-14-7-16(8-15)26(9-14)21-22-13(4)23-28-21/h12,14-19H,5-11H2,1-4H3. The Kier molecular flexibility index (Phi) is 4.41. The second kappa shape index (κ2) is 6.71. The van der Waals surface area contributed by atoms with Crippen molar-refractivity contribution in [2.45, 2.75) is 65.1 Å². The van der Waals surface area contributed by atoms with Gasteiger partial charge in [-0.1, -0.05) is 5.16 Å². The van der Waals surface area contributed by atoms with Crippen molar-refractivity contribution in [3.8, 4) is 0 Å². The molecule has 2 aliphatic heterocycles. The minimum atomic E-state index is 0.289. The van der Waals surface area contributed by atoms with Gasteiger partial charge in [0, 0.05) is 50.2 Å². The second-order valence-corrected chi connectivity index (χ2v) is 9.68. The molecule has 7 heteroatoms. The third kappa shape index (κ3) is 2.93. The van der Waals surface area contributed by atoms with Gasteiger partial charge in [0.2, 0.25) is 5.91 Å². The minimum absolute atomic E-state index is 0.289. The van der Waals surface area contributed by atoms with E-state index in [1.165, 1.54) is 19.3 Å². The third-order valence-electron chi connectivity index (χ3n) is 7.68. The molecular formula is C21H33N5O2. The summed E-state index contributed by atoms with van der Waals surface area (Å²) >= 11 is 0. The van der Waals surface area contributed by atoms with E-state index in [1.54, 1.807) is 0 Å². The molecule has 4 aliphatic rings. The molecule has 2 aliphatic carbocycles. The summed E-state index contributed by atoms with van der Waals surface area (Å²) < 4.78 is 5.44. The molecule has 5 rings (SSSR count). The van der Waals surface area contributed by atoms with E-state index >= 15 is 0 Å². The monoisotopic (exact) mass is 387 g/mol. The van der Waals surface area contributed by atoms with E-state index in [-0.39, 0.29) is 5.92 Å². The quantitative estimate of drug-likeness (QED) is 0.771. The summed E-state index contributed by atoms with van der Waals surface area (Å²) in [6.07, 6.45) is 3.70. The molecule has 2 saturated carbocycles. The SMILES string of the molecule is CCN(C(=O)C1C2CN(C3CC4CC(C3)N(c3nc(C)no3)C4)CC21)C(C)C. The van der Waals surface area contributed by atoms with Gasteiger partial charge in [-0.25, -0.2) is 0 Å². The van der Waals surface area contributed by atoms with Crippen LogP contribution in [0.5, 0.6) is 0 Å². The molecule has 1 aromatic rings. The lowest BCUT2D eigenvalue weighted by Gasteiger charge is -2.36. The van der Waals surface area contributed by atoms with Crippen LogP contribution in [-0.4, -0.2) is 70.2 Å². The predicted octanol–water partition coefficient (Wildman–Crippen LogP) is 2.17. The first-order chi connectivity index (χ1) is 13.5. The molecule has 0 spiro atoms. The third-order valence-corrected chi connectivity index (χ3v) is 7.68. The van der Waals surface area contributed by atoms with E-state index in [0.29, 0.717) is 47.7 Å². The fraction of sp³-hybridized carbons (Fsp3) is 0.857. The Morgan fingerprint density at radius 3 is 2.50 bits per heavy atom. The van der Waals surface area contributed by atoms with Crippen LogP contribution in [0.1, 0.15) is 45.9 Å². The largest absolute Gasteiger partial charge is 0.340 e. The maximum atomic E-state index is 12.9. The first-order valence-corrected chi connectivity index (χ1v) is 11.1. The molecule has 154 valence electrons. The van der Waals surface area contributed by atoms with Gasteiger partial charge in [-0.3, -0.25) is 9.69 Å². The van der Waals surface area contributed by atoms with Crippen LogP contribution >= 0.6 is 0 Å². The van der Waals surface area contributed by atoms with Crippen LogP contribution in [0.4, 0.5) is 6.01 Å². The van der Waals surface area contributed by atoms with E-state index in [4.69, 9.17) is 4.52 Å². The maximum absolute atomic E-state index is 12.9. The number of rotatable bonds is 5. The Morgan fingerprint density at radius 2 is 1.89 bits per heavy atom. The number of anilines is 1. The molecule has 7 nitrogen and oxygen atoms in total. The van der Waals surface area contributed by atoms with E-state index in [2.05, 4.69) is 45.6 Å². The molecule has 5 unspecified atom stereocenters. The zero-order chi connectivity index (χ0) is 19.6. The van der Waals surface area contributed by atoms with Crippen LogP contribution in [0, 0.1) is 30.6 Å². The van der Waals surface area contributed by atoms with Crippen LogP contribution < -0.4 is 4.90 Å². The Hall–Kier alpha value is -1.63. The number of carbonyl (C=O) groups excluding carboxylic acids is 1. The van der Waals surface area contributed by atoms with Gasteiger partial charge in [0.25, 0.3) is 0 Å². The lowest BCUT2D eigenvalue weighted by atomic mass is 9.85. The fourth-order valence-electron chi connectivity index (χ4n) is 6.33. The molecule has 28 heavy (non-hydrogen) atoms. The van der Waals surface area contributed by atoms with E-state index < -0.39 is 0 Å². The van der Waals surface area contributed by atoms with Gasteiger partial charge >= 0.3 is 6.01 Å². The first-order valence-electron chi connectivity index (χ1n) is 11.1. The second-order valence-electron chi connectivity index (χ2n) is 9.68. The van der Waals surface area contributed by atoms with Gasteiger partial charge in [-0.2, -0.15) is 4.98 Å². The Morgan fingerprint density at radius 1 is 1.18 bits per heavy atom. The van der Waals surface area contributed by atoms with Crippen molar-refractivity contribution in [1.29, 1.82) is 0 Å². The molecule has 0 N–H and O–H groups in total. The number of likely N-dealkylation sites (tertiary alicyclic amines) is 1. The average molecular weight is 388 g/mol. The Balaban J connectivity index is 1.19. The summed E-state index contributed by atoms with van der Waals surface area (Å²) in [5.41, 5.74) is 0. The number of amides is 1. The van der Waals surface area contributed by atoms with Crippen molar-refractivity contribution in [3.05, 3.63) is 5.82 Å². The van der Waals surface area contributed by atoms with Crippen LogP contribution in [0.2, 0.25) is 0 Å². The van der Waals surface area contributed by atoms with Crippen LogP contribution in [-0.2, 0) is 4.79 Å². The maximum Gasteiger partial charge on any atom is 0.324 e. The summed E-state index contributed by atoms with van der Waals surface area (Å²) in [7, 11) is 0. The van der Waals surface area contributed by atoms with Crippen molar-refractivity contribution >= 4 is 11.9 Å². The average Bonchev–Trinajstić information content (AvgIpc) is 2.99. The highest BCUT2D eigenvalue weighted by Gasteiger charge is 2.61. The number of hydrogen-bond donors (Lipinski definition) is 0. The van der Waals surface area contributed by atoms with Crippen LogP contribution in [0.25, 0.3) is 0 Å². The summed E-state index contributed by atoms with van der Waals surface area (Å²) in [5, 5.41) is 3.97. The predicted molar refractivity (Wildman–Crippen MR) is 106 cm³/mol. The normalized spacial score (nSPS) is 36.8. The topological polar surface area (TPSA) is 65.7 Å². The highest BCUT2D eigenvalue weighted by molar-refractivity contribution is 5.83. The molecular weight excluding hydrogens is 354 g/mol. The molecule has 2 saturated heterocycles. The van der Waals surface area contributed by atoms with Gasteiger partial charge in [-0.15, -0.1) is 0 Å². The Bertz CT molecular complexity index is 737. The Labute approximate surface area is 167 Å². The number of carbonyl (C=O) groups is 1. The van der Waals surface area contributed by atoms with Gasteiger partial charge in [0.15, 0.2) is 5.82 Å². The number of fused-ring (bicyclic) bond motifs is 3. The highest BCUT2D eigenvalue weighted by Crippen LogP contribution is 2.54. The van der Waals surface area contributed by atoms with E-state index in [1.807, 2.05) is 6.92 Å². The lowest BCUT2D eigenvalue weighted by Crippen LogP contribution is -2.44. The number of piperidine rings is 1. The number of aromatic nitrogens is 2. The highest BCUT2D eigenvalue weighted by atomic mass is 16.5. The summed E-state index contributed by atoms with van der Waals surface area (Å²) in [4.78, 5) is 24.4. The lowest BCUT2D eigenvalue weighted by molar-refractivity contribution is -0.135. The van der Waals surface area contributed by atoms with Crippen molar-refractivity contribution < 1.29 is 9.32 Å². The van der Waals surface area contributed by atoms with Crippen molar-refractivity contribution in [2.24, 2.45) is 23.7 Å². The van der Waals surface area contributed by atoms with Gasteiger partial charge in [0.05, 0.1) is 0 Å². The summed E-state index contributed by atoms with van der Waals surface area (Å²) in [6, 6.07) is 2.18. The number of nitrogens with zero attached hydrogens (tertiary/aromatic N) is 5. The molecule has 1 amide bonds. The van der Waals surface area contributed by atoms with Crippen LogP contribution in [0.15, 0.2) is 4.52 Å². The fourth-order valence-corrected chi connectivity index (χ4v) is 6.33. The van der Waals surface area contributed by atoms with Crippen molar-refractivity contribution in [1.82, 2.24) is 19.9 Å². The number of aryl methyl sites for hydroxylation is 1. The van der Waals surface area contributed by atoms with Gasteiger partial charge < -0.3 is 14.3 Å². The number of hydrogen-bond acceptors (Lipinski definition) is 6. The molecule has 5 atom stereocenters. The summed E-state index contributed by atoms with van der Waals surface area (Å²) in [5.74, 6) is 3.31. The molecule has 3 heterocycles. The van der Waals surface area contributed by atoms with Gasteiger partial charge in [-0.05, 0) is 64.7 Å². The molecule has 2 bridgehead atoms. The minimum Gasteiger partial charge on any atom is -0.340 e. The molecule has 4 fully saturated rings. The summed E-state index contributed by atoms with van der Waals surface area (Å²) in [6.45, 7) is 12.3. The first kappa shape index (κ1) is 18.4. The van der Waals surface area contributed by atoms with Crippen molar-refractivity contribution in [2.75, 3.05) is 31.1 Å². The molecule has 1 aromatic heterocycles. The smallest absolute Gasteiger partial charge is 0.324 e. The van der Waals surface area contributed by atoms with E-state index in [0.717, 1.165) is 32.1 Å². The zero-order valence-electron chi connectivity index (χ0n) is 17.5.